The highest BCUT2D eigenvalue weighted by Crippen LogP contribution is 2.36. The van der Waals surface area contributed by atoms with E-state index < -0.39 is 17.1 Å². The SMILES string of the molecule is C=CCC1(C(=O)NC2CCN(C(=O)NC)CC2)CN(C(=O)OC(C)(C)C)C1. The molecule has 0 aromatic carbocycles. The van der Waals surface area contributed by atoms with Crippen LogP contribution in [0.5, 0.6) is 0 Å². The molecule has 0 aliphatic carbocycles. The molecule has 4 amide bonds. The largest absolute Gasteiger partial charge is 0.444 e. The number of carbonyl (C=O) groups is 3. The molecule has 0 bridgehead atoms. The zero-order valence-corrected chi connectivity index (χ0v) is 16.8. The summed E-state index contributed by atoms with van der Waals surface area (Å²) in [6, 6.07) is -0.0504. The molecule has 2 rings (SSSR count). The van der Waals surface area contributed by atoms with Gasteiger partial charge in [-0.25, -0.2) is 9.59 Å². The summed E-state index contributed by atoms with van der Waals surface area (Å²) in [6.07, 6.45) is 3.28. The Morgan fingerprint density at radius 1 is 1.19 bits per heavy atom. The minimum absolute atomic E-state index is 0.0377. The summed E-state index contributed by atoms with van der Waals surface area (Å²) in [5, 5.41) is 5.73. The van der Waals surface area contributed by atoms with Gasteiger partial charge >= 0.3 is 12.1 Å². The van der Waals surface area contributed by atoms with Gasteiger partial charge in [0.2, 0.25) is 5.91 Å². The zero-order chi connectivity index (χ0) is 20.2. The molecule has 0 saturated carbocycles. The van der Waals surface area contributed by atoms with Gasteiger partial charge < -0.3 is 25.2 Å². The van der Waals surface area contributed by atoms with E-state index in [0.29, 0.717) is 32.6 Å². The summed E-state index contributed by atoms with van der Waals surface area (Å²) >= 11 is 0. The first-order valence-electron chi connectivity index (χ1n) is 9.47. The second-order valence-electron chi connectivity index (χ2n) is 8.40. The lowest BCUT2D eigenvalue weighted by Gasteiger charge is -2.49. The smallest absolute Gasteiger partial charge is 0.410 e. The van der Waals surface area contributed by atoms with E-state index in [1.54, 1.807) is 22.9 Å². The molecule has 0 radical (unpaired) electrons. The van der Waals surface area contributed by atoms with E-state index >= 15 is 0 Å². The van der Waals surface area contributed by atoms with E-state index in [9.17, 15) is 14.4 Å². The van der Waals surface area contributed by atoms with Crippen molar-refractivity contribution in [1.29, 1.82) is 0 Å². The number of hydrogen-bond donors (Lipinski definition) is 2. The predicted molar refractivity (Wildman–Crippen MR) is 102 cm³/mol. The lowest BCUT2D eigenvalue weighted by Crippen LogP contribution is -2.66. The molecule has 0 atom stereocenters. The first kappa shape index (κ1) is 21.1. The van der Waals surface area contributed by atoms with Crippen LogP contribution in [0, 0.1) is 5.41 Å². The third-order valence-electron chi connectivity index (χ3n) is 4.99. The van der Waals surface area contributed by atoms with Crippen molar-refractivity contribution in [2.75, 3.05) is 33.2 Å². The van der Waals surface area contributed by atoms with Crippen LogP contribution in [0.25, 0.3) is 0 Å². The summed E-state index contributed by atoms with van der Waals surface area (Å²) in [6.45, 7) is 11.1. The van der Waals surface area contributed by atoms with Crippen LogP contribution in [0.4, 0.5) is 9.59 Å². The van der Waals surface area contributed by atoms with Gasteiger partial charge in [0.25, 0.3) is 0 Å². The molecule has 0 unspecified atom stereocenters. The van der Waals surface area contributed by atoms with Gasteiger partial charge in [0.05, 0.1) is 5.41 Å². The fourth-order valence-corrected chi connectivity index (χ4v) is 3.51. The lowest BCUT2D eigenvalue weighted by molar-refractivity contribution is -0.141. The molecule has 0 aromatic rings. The second kappa shape index (κ2) is 8.19. The van der Waals surface area contributed by atoms with Crippen molar-refractivity contribution >= 4 is 18.0 Å². The number of allylic oxidation sites excluding steroid dienone is 1. The average Bonchev–Trinajstić information content (AvgIpc) is 2.55. The standard InChI is InChI=1S/C19H32N4O4/c1-6-9-19(12-23(13-19)17(26)27-18(2,3)4)15(24)21-14-7-10-22(11-8-14)16(25)20-5/h6,14H,1,7-13H2,2-5H3,(H,20,25)(H,21,24). The van der Waals surface area contributed by atoms with Gasteiger partial charge in [-0.05, 0) is 40.0 Å². The summed E-state index contributed by atoms with van der Waals surface area (Å²) in [7, 11) is 1.61. The number of rotatable bonds is 4. The molecule has 8 heteroatoms. The fraction of sp³-hybridized carbons (Fsp3) is 0.737. The van der Waals surface area contributed by atoms with Crippen molar-refractivity contribution in [3.8, 4) is 0 Å². The highest BCUT2D eigenvalue weighted by atomic mass is 16.6. The maximum absolute atomic E-state index is 12.9. The summed E-state index contributed by atoms with van der Waals surface area (Å²) in [4.78, 5) is 40.0. The Morgan fingerprint density at radius 3 is 2.26 bits per heavy atom. The Bertz CT molecular complexity index is 585. The number of ether oxygens (including phenoxy) is 1. The number of piperidine rings is 1. The van der Waals surface area contributed by atoms with Crippen molar-refractivity contribution in [2.45, 2.75) is 51.7 Å². The average molecular weight is 380 g/mol. The molecule has 27 heavy (non-hydrogen) atoms. The molecule has 2 N–H and O–H groups in total. The zero-order valence-electron chi connectivity index (χ0n) is 16.8. The van der Waals surface area contributed by atoms with Gasteiger partial charge in [0.15, 0.2) is 0 Å². The van der Waals surface area contributed by atoms with Crippen molar-refractivity contribution in [1.82, 2.24) is 20.4 Å². The molecule has 2 heterocycles. The van der Waals surface area contributed by atoms with E-state index in [2.05, 4.69) is 17.2 Å². The van der Waals surface area contributed by atoms with Gasteiger partial charge in [-0.15, -0.1) is 6.58 Å². The van der Waals surface area contributed by atoms with Crippen LogP contribution in [0.1, 0.15) is 40.0 Å². The lowest BCUT2D eigenvalue weighted by atomic mass is 9.75. The topological polar surface area (TPSA) is 91.0 Å². The number of urea groups is 1. The molecule has 2 aliphatic heterocycles. The van der Waals surface area contributed by atoms with Crippen LogP contribution >= 0.6 is 0 Å². The van der Waals surface area contributed by atoms with Gasteiger partial charge in [-0.1, -0.05) is 6.08 Å². The fourth-order valence-electron chi connectivity index (χ4n) is 3.51. The molecular formula is C19H32N4O4. The Hall–Kier alpha value is -2.25. The maximum Gasteiger partial charge on any atom is 0.410 e. The van der Waals surface area contributed by atoms with Crippen molar-refractivity contribution in [3.63, 3.8) is 0 Å². The molecule has 2 saturated heterocycles. The third-order valence-corrected chi connectivity index (χ3v) is 4.99. The van der Waals surface area contributed by atoms with E-state index in [1.807, 2.05) is 20.8 Å². The molecule has 2 aliphatic rings. The predicted octanol–water partition coefficient (Wildman–Crippen LogP) is 1.72. The van der Waals surface area contributed by atoms with E-state index in [1.165, 1.54) is 0 Å². The normalized spacial score (nSPS) is 19.7. The first-order chi connectivity index (χ1) is 12.6. The molecular weight excluding hydrogens is 348 g/mol. The number of nitrogens with one attached hydrogen (secondary N) is 2. The Kier molecular flexibility index (Phi) is 6.38. The van der Waals surface area contributed by atoms with Gasteiger partial charge in [-0.3, -0.25) is 4.79 Å². The number of nitrogens with zero attached hydrogens (tertiary/aromatic N) is 2. The van der Waals surface area contributed by atoms with Crippen LogP contribution in [0.3, 0.4) is 0 Å². The van der Waals surface area contributed by atoms with Crippen molar-refractivity contribution < 1.29 is 19.1 Å². The molecule has 0 spiro atoms. The van der Waals surface area contributed by atoms with Gasteiger partial charge in [0, 0.05) is 39.3 Å². The van der Waals surface area contributed by atoms with Crippen molar-refractivity contribution in [2.24, 2.45) is 5.41 Å². The van der Waals surface area contributed by atoms with Crippen LogP contribution in [-0.2, 0) is 9.53 Å². The van der Waals surface area contributed by atoms with Crippen LogP contribution in [-0.4, -0.2) is 72.7 Å². The molecule has 2 fully saturated rings. The molecule has 8 nitrogen and oxygen atoms in total. The summed E-state index contributed by atoms with van der Waals surface area (Å²) in [5.41, 5.74) is -1.20. The second-order valence-corrected chi connectivity index (χ2v) is 8.40. The van der Waals surface area contributed by atoms with Crippen molar-refractivity contribution in [3.05, 3.63) is 12.7 Å². The quantitative estimate of drug-likeness (QED) is 0.727. The monoisotopic (exact) mass is 380 g/mol. The summed E-state index contributed by atoms with van der Waals surface area (Å²) < 4.78 is 5.37. The minimum Gasteiger partial charge on any atom is -0.444 e. The van der Waals surface area contributed by atoms with Gasteiger partial charge in [-0.2, -0.15) is 0 Å². The van der Waals surface area contributed by atoms with Crippen LogP contribution in [0.15, 0.2) is 12.7 Å². The Morgan fingerprint density at radius 2 is 1.78 bits per heavy atom. The highest BCUT2D eigenvalue weighted by Gasteiger charge is 2.51. The number of carbonyl (C=O) groups excluding carboxylic acids is 3. The minimum atomic E-state index is -0.642. The third kappa shape index (κ3) is 5.14. The summed E-state index contributed by atoms with van der Waals surface area (Å²) in [5.74, 6) is -0.0550. The number of likely N-dealkylation sites (tertiary alicyclic amines) is 2. The first-order valence-corrected chi connectivity index (χ1v) is 9.47. The van der Waals surface area contributed by atoms with E-state index in [0.717, 1.165) is 12.8 Å². The maximum atomic E-state index is 12.9. The highest BCUT2D eigenvalue weighted by molar-refractivity contribution is 5.87. The molecule has 152 valence electrons. The van der Waals surface area contributed by atoms with E-state index in [-0.39, 0.29) is 18.0 Å². The number of hydrogen-bond acceptors (Lipinski definition) is 4. The Balaban J connectivity index is 1.89. The Labute approximate surface area is 161 Å². The van der Waals surface area contributed by atoms with Crippen LogP contribution in [0.2, 0.25) is 0 Å². The molecule has 0 aromatic heterocycles. The van der Waals surface area contributed by atoms with Crippen LogP contribution < -0.4 is 10.6 Å². The number of amides is 4. The van der Waals surface area contributed by atoms with Gasteiger partial charge in [0.1, 0.15) is 5.60 Å². The van der Waals surface area contributed by atoms with E-state index in [4.69, 9.17) is 4.74 Å².